The third-order valence-corrected chi connectivity index (χ3v) is 6.69. The van der Waals surface area contributed by atoms with Gasteiger partial charge in [0, 0.05) is 17.6 Å². The number of hydrogen-bond donors (Lipinski definition) is 1. The molecule has 1 aromatic carbocycles. The molecule has 2 fully saturated rings. The Morgan fingerprint density at radius 1 is 1.25 bits per heavy atom. The molecule has 4 nitrogen and oxygen atoms in total. The molecule has 0 aromatic heterocycles. The second-order valence-electron chi connectivity index (χ2n) is 5.08. The molecule has 0 unspecified atom stereocenters. The van der Waals surface area contributed by atoms with E-state index in [0.29, 0.717) is 29.4 Å². The molecule has 20 heavy (non-hydrogen) atoms. The van der Waals surface area contributed by atoms with Gasteiger partial charge in [-0.1, -0.05) is 0 Å². The van der Waals surface area contributed by atoms with E-state index in [1.807, 2.05) is 0 Å². The van der Waals surface area contributed by atoms with Gasteiger partial charge in [-0.3, -0.25) is 0 Å². The molecule has 2 atom stereocenters. The van der Waals surface area contributed by atoms with Gasteiger partial charge in [0.05, 0.1) is 4.90 Å². The van der Waals surface area contributed by atoms with Crippen molar-refractivity contribution < 1.29 is 12.8 Å². The Labute approximate surface area is 132 Å². The van der Waals surface area contributed by atoms with Crippen LogP contribution in [0.3, 0.4) is 0 Å². The molecule has 2 aliphatic heterocycles. The zero-order valence-electron chi connectivity index (χ0n) is 10.6. The minimum atomic E-state index is -3.62. The highest BCUT2D eigenvalue weighted by atomic mass is 79.9. The minimum absolute atomic E-state index is 0. The average Bonchev–Trinajstić information content (AvgIpc) is 2.92. The van der Waals surface area contributed by atoms with Crippen LogP contribution in [0.1, 0.15) is 0 Å². The Hall–Kier alpha value is -0.210. The number of nitrogens with one attached hydrogen (secondary N) is 1. The predicted octanol–water partition coefficient (Wildman–Crippen LogP) is 1.85. The Kier molecular flexibility index (Phi) is 4.76. The van der Waals surface area contributed by atoms with E-state index >= 15 is 0 Å². The summed E-state index contributed by atoms with van der Waals surface area (Å²) in [5, 5.41) is 3.27. The van der Waals surface area contributed by atoms with Crippen LogP contribution in [0, 0.1) is 17.7 Å². The fourth-order valence-corrected chi connectivity index (χ4v) is 5.31. The van der Waals surface area contributed by atoms with Gasteiger partial charge in [0.1, 0.15) is 5.82 Å². The average molecular weight is 386 g/mol. The van der Waals surface area contributed by atoms with Crippen molar-refractivity contribution in [2.75, 3.05) is 26.2 Å². The van der Waals surface area contributed by atoms with E-state index in [1.165, 1.54) is 16.4 Å². The van der Waals surface area contributed by atoms with Crippen molar-refractivity contribution in [3.8, 4) is 0 Å². The highest BCUT2D eigenvalue weighted by Gasteiger charge is 2.42. The van der Waals surface area contributed by atoms with Crippen molar-refractivity contribution in [2.45, 2.75) is 4.90 Å². The summed E-state index contributed by atoms with van der Waals surface area (Å²) in [5.74, 6) is 0.215. The van der Waals surface area contributed by atoms with Crippen LogP contribution < -0.4 is 5.32 Å². The van der Waals surface area contributed by atoms with Gasteiger partial charge in [0.15, 0.2) is 0 Å². The Balaban J connectivity index is 0.00000147. The topological polar surface area (TPSA) is 49.4 Å². The van der Waals surface area contributed by atoms with Gasteiger partial charge < -0.3 is 5.32 Å². The van der Waals surface area contributed by atoms with Gasteiger partial charge in [-0.25, -0.2) is 12.8 Å². The monoisotopic (exact) mass is 384 g/mol. The van der Waals surface area contributed by atoms with E-state index in [4.69, 9.17) is 0 Å². The van der Waals surface area contributed by atoms with E-state index in [0.717, 1.165) is 19.2 Å². The Bertz CT molecular complexity index is 601. The second-order valence-corrected chi connectivity index (χ2v) is 7.84. The first-order chi connectivity index (χ1) is 8.98. The first kappa shape index (κ1) is 16.2. The highest BCUT2D eigenvalue weighted by Crippen LogP contribution is 2.33. The lowest BCUT2D eigenvalue weighted by molar-refractivity contribution is 0.447. The van der Waals surface area contributed by atoms with Crippen molar-refractivity contribution in [1.82, 2.24) is 9.62 Å². The number of hydrogen-bond acceptors (Lipinski definition) is 3. The summed E-state index contributed by atoms with van der Waals surface area (Å²) in [4.78, 5) is 0.0143. The van der Waals surface area contributed by atoms with Crippen molar-refractivity contribution in [3.05, 3.63) is 28.5 Å². The van der Waals surface area contributed by atoms with E-state index in [2.05, 4.69) is 21.2 Å². The van der Waals surface area contributed by atoms with Crippen molar-refractivity contribution in [1.29, 1.82) is 0 Å². The van der Waals surface area contributed by atoms with Crippen molar-refractivity contribution >= 4 is 38.4 Å². The smallest absolute Gasteiger partial charge is 0.244 e. The van der Waals surface area contributed by atoms with Crippen LogP contribution in [0.25, 0.3) is 0 Å². The fraction of sp³-hybridized carbons (Fsp3) is 0.500. The molecule has 0 amide bonds. The molecule has 0 aliphatic carbocycles. The van der Waals surface area contributed by atoms with Crippen molar-refractivity contribution in [2.24, 2.45) is 11.8 Å². The van der Waals surface area contributed by atoms with E-state index in [9.17, 15) is 12.8 Å². The predicted molar refractivity (Wildman–Crippen MR) is 80.0 cm³/mol. The molecule has 1 N–H and O–H groups in total. The summed E-state index contributed by atoms with van der Waals surface area (Å²) in [6, 6.07) is 3.75. The lowest BCUT2D eigenvalue weighted by atomic mass is 10.0. The van der Waals surface area contributed by atoms with Gasteiger partial charge in [-0.05, 0) is 59.1 Å². The number of fused-ring (bicyclic) bond motifs is 1. The van der Waals surface area contributed by atoms with Crippen LogP contribution in [-0.2, 0) is 10.0 Å². The molecule has 3 rings (SSSR count). The third kappa shape index (κ3) is 2.74. The minimum Gasteiger partial charge on any atom is -0.316 e. The molecular weight excluding hydrogens is 371 g/mol. The molecule has 1 aromatic rings. The van der Waals surface area contributed by atoms with E-state index in [1.54, 1.807) is 0 Å². The number of sulfonamides is 1. The van der Waals surface area contributed by atoms with Crippen LogP contribution >= 0.6 is 28.3 Å². The number of halogens is 3. The maximum absolute atomic E-state index is 13.3. The van der Waals surface area contributed by atoms with E-state index in [-0.39, 0.29) is 17.3 Å². The summed E-state index contributed by atoms with van der Waals surface area (Å²) in [6.07, 6.45) is 0. The van der Waals surface area contributed by atoms with Gasteiger partial charge in [-0.15, -0.1) is 12.4 Å². The van der Waals surface area contributed by atoms with Gasteiger partial charge in [0.25, 0.3) is 0 Å². The zero-order valence-corrected chi connectivity index (χ0v) is 13.8. The van der Waals surface area contributed by atoms with Gasteiger partial charge in [0.2, 0.25) is 10.0 Å². The Morgan fingerprint density at radius 2 is 1.85 bits per heavy atom. The molecule has 112 valence electrons. The molecule has 2 aliphatic rings. The summed E-state index contributed by atoms with van der Waals surface area (Å²) in [7, 11) is -3.62. The first-order valence-electron chi connectivity index (χ1n) is 6.14. The van der Waals surface area contributed by atoms with Crippen LogP contribution in [-0.4, -0.2) is 38.9 Å². The highest BCUT2D eigenvalue weighted by molar-refractivity contribution is 9.10. The van der Waals surface area contributed by atoms with Gasteiger partial charge >= 0.3 is 0 Å². The summed E-state index contributed by atoms with van der Waals surface area (Å²) < 4.78 is 40.3. The van der Waals surface area contributed by atoms with E-state index < -0.39 is 15.8 Å². The quantitative estimate of drug-likeness (QED) is 0.845. The van der Waals surface area contributed by atoms with Crippen molar-refractivity contribution in [3.63, 3.8) is 0 Å². The van der Waals surface area contributed by atoms with Crippen LogP contribution in [0.4, 0.5) is 4.39 Å². The summed E-state index contributed by atoms with van der Waals surface area (Å²) in [6.45, 7) is 2.76. The molecule has 0 bridgehead atoms. The molecule has 0 saturated carbocycles. The summed E-state index contributed by atoms with van der Waals surface area (Å²) in [5.41, 5.74) is 0. The largest absolute Gasteiger partial charge is 0.316 e. The maximum Gasteiger partial charge on any atom is 0.244 e. The number of rotatable bonds is 2. The maximum atomic E-state index is 13.3. The van der Waals surface area contributed by atoms with Crippen LogP contribution in [0.15, 0.2) is 27.6 Å². The van der Waals surface area contributed by atoms with Gasteiger partial charge in [-0.2, -0.15) is 4.31 Å². The first-order valence-corrected chi connectivity index (χ1v) is 8.37. The second kappa shape index (κ2) is 5.88. The molecule has 0 spiro atoms. The lowest BCUT2D eigenvalue weighted by Gasteiger charge is -2.18. The standard InChI is InChI=1S/C12H14BrFN2O2S.ClH/c13-11-2-1-10(14)3-12(11)19(17,18)16-6-8-4-15-5-9(8)7-16;/h1-3,8-9,15H,4-7H2;1H/t8-,9+;. The molecule has 0 radical (unpaired) electrons. The number of nitrogens with zero attached hydrogens (tertiary/aromatic N) is 1. The molecule has 2 heterocycles. The SMILES string of the molecule is Cl.O=S(=O)(c1cc(F)ccc1Br)N1C[C@H]2CNC[C@H]2C1. The normalized spacial score (nSPS) is 26.3. The Morgan fingerprint density at radius 3 is 2.45 bits per heavy atom. The number of benzene rings is 1. The molecular formula is C12H15BrClFN2O2S. The third-order valence-electron chi connectivity index (χ3n) is 3.87. The lowest BCUT2D eigenvalue weighted by Crippen LogP contribution is -2.32. The fourth-order valence-electron chi connectivity index (χ4n) is 2.82. The molecule has 8 heteroatoms. The van der Waals surface area contributed by atoms with Crippen LogP contribution in [0.5, 0.6) is 0 Å². The van der Waals surface area contributed by atoms with Crippen LogP contribution in [0.2, 0.25) is 0 Å². The zero-order chi connectivity index (χ0) is 13.6. The summed E-state index contributed by atoms with van der Waals surface area (Å²) >= 11 is 3.19. The molecule has 2 saturated heterocycles.